The van der Waals surface area contributed by atoms with E-state index in [9.17, 15) is 9.59 Å². The molecule has 0 saturated carbocycles. The van der Waals surface area contributed by atoms with Crippen molar-refractivity contribution >= 4 is 34.5 Å². The molecule has 0 unspecified atom stereocenters. The predicted octanol–water partition coefficient (Wildman–Crippen LogP) is 1.89. The number of ether oxygens (including phenoxy) is 1. The number of rotatable bonds is 4. The first-order valence-electron chi connectivity index (χ1n) is 5.15. The fraction of sp³-hybridized carbons (Fsp3) is 0.333. The summed E-state index contributed by atoms with van der Waals surface area (Å²) in [4.78, 5) is 22.7. The van der Waals surface area contributed by atoms with E-state index < -0.39 is 0 Å². The van der Waals surface area contributed by atoms with Gasteiger partial charge < -0.3 is 10.1 Å². The summed E-state index contributed by atoms with van der Waals surface area (Å²) in [5, 5.41) is 2.69. The van der Waals surface area contributed by atoms with Crippen LogP contribution in [0, 0.1) is 10.5 Å². The fourth-order valence-electron chi connectivity index (χ4n) is 1.29. The van der Waals surface area contributed by atoms with Gasteiger partial charge in [-0.25, -0.2) is 0 Å². The molecule has 4 nitrogen and oxygen atoms in total. The molecule has 5 heteroatoms. The molecule has 0 heterocycles. The van der Waals surface area contributed by atoms with Crippen molar-refractivity contribution in [1.29, 1.82) is 0 Å². The third kappa shape index (κ3) is 4.33. The first-order valence-corrected chi connectivity index (χ1v) is 6.23. The maximum atomic E-state index is 11.8. The number of hydrogen-bond acceptors (Lipinski definition) is 3. The minimum absolute atomic E-state index is 0.165. The van der Waals surface area contributed by atoms with Crippen molar-refractivity contribution in [3.05, 3.63) is 32.9 Å². The van der Waals surface area contributed by atoms with E-state index in [1.165, 1.54) is 7.11 Å². The predicted molar refractivity (Wildman–Crippen MR) is 72.9 cm³/mol. The second-order valence-electron chi connectivity index (χ2n) is 3.57. The van der Waals surface area contributed by atoms with Gasteiger partial charge in [-0.2, -0.15) is 0 Å². The zero-order chi connectivity index (χ0) is 12.8. The van der Waals surface area contributed by atoms with Crippen LogP contribution in [0.4, 0.5) is 0 Å². The number of methoxy groups -OCH3 is 1. The van der Waals surface area contributed by atoms with Gasteiger partial charge in [0, 0.05) is 10.1 Å². The third-order valence-corrected chi connectivity index (χ3v) is 3.15. The quantitative estimate of drug-likeness (QED) is 0.669. The second-order valence-corrected chi connectivity index (χ2v) is 4.73. The maximum absolute atomic E-state index is 11.8. The maximum Gasteiger partial charge on any atom is 0.307 e. The van der Waals surface area contributed by atoms with E-state index in [0.29, 0.717) is 5.56 Å². The monoisotopic (exact) mass is 347 g/mol. The Balaban J connectivity index is 2.58. The molecule has 0 atom stereocenters. The molecular formula is C12H14INO3. The van der Waals surface area contributed by atoms with Gasteiger partial charge in [0.25, 0.3) is 5.91 Å². The van der Waals surface area contributed by atoms with Gasteiger partial charge in [0.2, 0.25) is 0 Å². The van der Waals surface area contributed by atoms with Crippen LogP contribution in [0.3, 0.4) is 0 Å². The molecule has 17 heavy (non-hydrogen) atoms. The smallest absolute Gasteiger partial charge is 0.307 e. The highest BCUT2D eigenvalue weighted by Crippen LogP contribution is 2.13. The number of benzene rings is 1. The van der Waals surface area contributed by atoms with Crippen molar-refractivity contribution in [3.8, 4) is 0 Å². The number of hydrogen-bond donors (Lipinski definition) is 1. The Morgan fingerprint density at radius 2 is 2.12 bits per heavy atom. The Morgan fingerprint density at radius 1 is 1.41 bits per heavy atom. The van der Waals surface area contributed by atoms with Gasteiger partial charge >= 0.3 is 5.97 Å². The zero-order valence-corrected chi connectivity index (χ0v) is 11.9. The first kappa shape index (κ1) is 14.0. The largest absolute Gasteiger partial charge is 0.469 e. The Bertz CT molecular complexity index is 432. The molecule has 0 aliphatic heterocycles. The van der Waals surface area contributed by atoms with E-state index in [-0.39, 0.29) is 24.8 Å². The number of nitrogens with one attached hydrogen (secondary N) is 1. The molecule has 1 aromatic rings. The van der Waals surface area contributed by atoms with Crippen molar-refractivity contribution < 1.29 is 14.3 Å². The standard InChI is InChI=1S/C12H14INO3/c1-8-3-4-10(13)9(7-8)12(16)14-6-5-11(15)17-2/h3-4,7H,5-6H2,1-2H3,(H,14,16). The van der Waals surface area contributed by atoms with Crippen molar-refractivity contribution in [2.75, 3.05) is 13.7 Å². The van der Waals surface area contributed by atoms with Gasteiger partial charge in [0.05, 0.1) is 19.1 Å². The van der Waals surface area contributed by atoms with Gasteiger partial charge in [-0.15, -0.1) is 0 Å². The van der Waals surface area contributed by atoms with E-state index in [1.807, 2.05) is 25.1 Å². The molecule has 92 valence electrons. The summed E-state index contributed by atoms with van der Waals surface area (Å²) in [6.45, 7) is 2.22. The molecule has 0 aromatic heterocycles. The summed E-state index contributed by atoms with van der Waals surface area (Å²) in [6.07, 6.45) is 0.185. The first-order chi connectivity index (χ1) is 8.04. The molecule has 0 saturated heterocycles. The normalized spacial score (nSPS) is 9.82. The van der Waals surface area contributed by atoms with Crippen LogP contribution in [0.5, 0.6) is 0 Å². The van der Waals surface area contributed by atoms with E-state index in [0.717, 1.165) is 9.13 Å². The second kappa shape index (κ2) is 6.58. The number of esters is 1. The molecule has 0 spiro atoms. The minimum Gasteiger partial charge on any atom is -0.469 e. The summed E-state index contributed by atoms with van der Waals surface area (Å²) in [5.74, 6) is -0.494. The lowest BCUT2D eigenvalue weighted by molar-refractivity contribution is -0.140. The molecule has 1 N–H and O–H groups in total. The molecule has 0 radical (unpaired) electrons. The number of carbonyl (C=O) groups excluding carboxylic acids is 2. The Morgan fingerprint density at radius 3 is 2.76 bits per heavy atom. The van der Waals surface area contributed by atoms with Crippen molar-refractivity contribution in [2.45, 2.75) is 13.3 Å². The van der Waals surface area contributed by atoms with Gasteiger partial charge in [0.1, 0.15) is 0 Å². The fourth-order valence-corrected chi connectivity index (χ4v) is 1.87. The van der Waals surface area contributed by atoms with Crippen molar-refractivity contribution in [1.82, 2.24) is 5.32 Å². The molecular weight excluding hydrogens is 333 g/mol. The Labute approximate surface area is 114 Å². The molecule has 1 aromatic carbocycles. The van der Waals surface area contributed by atoms with Gasteiger partial charge in [-0.1, -0.05) is 11.6 Å². The topological polar surface area (TPSA) is 55.4 Å². The van der Waals surface area contributed by atoms with Crippen LogP contribution in [-0.2, 0) is 9.53 Å². The van der Waals surface area contributed by atoms with Crippen LogP contribution in [0.15, 0.2) is 18.2 Å². The number of carbonyl (C=O) groups is 2. The number of amides is 1. The summed E-state index contributed by atoms with van der Waals surface area (Å²) >= 11 is 2.11. The molecule has 0 aliphatic carbocycles. The summed E-state index contributed by atoms with van der Waals surface area (Å²) in [5.41, 5.74) is 1.67. The zero-order valence-electron chi connectivity index (χ0n) is 9.75. The van der Waals surface area contributed by atoms with Crippen LogP contribution < -0.4 is 5.32 Å². The third-order valence-electron chi connectivity index (χ3n) is 2.21. The summed E-state index contributed by atoms with van der Waals surface area (Å²) < 4.78 is 5.38. The lowest BCUT2D eigenvalue weighted by Crippen LogP contribution is -2.27. The van der Waals surface area contributed by atoms with Gasteiger partial charge in [-0.3, -0.25) is 9.59 Å². The van der Waals surface area contributed by atoms with E-state index in [4.69, 9.17) is 0 Å². The van der Waals surface area contributed by atoms with Crippen molar-refractivity contribution in [2.24, 2.45) is 0 Å². The van der Waals surface area contributed by atoms with Crippen LogP contribution in [0.1, 0.15) is 22.3 Å². The summed E-state index contributed by atoms with van der Waals surface area (Å²) in [6, 6.07) is 5.67. The van der Waals surface area contributed by atoms with Crippen LogP contribution >= 0.6 is 22.6 Å². The minimum atomic E-state index is -0.329. The average Bonchev–Trinajstić information content (AvgIpc) is 2.31. The highest BCUT2D eigenvalue weighted by Gasteiger charge is 2.10. The van der Waals surface area contributed by atoms with Crippen LogP contribution in [0.2, 0.25) is 0 Å². The summed E-state index contributed by atoms with van der Waals surface area (Å²) in [7, 11) is 1.33. The Kier molecular flexibility index (Phi) is 5.40. The average molecular weight is 347 g/mol. The lowest BCUT2D eigenvalue weighted by atomic mass is 10.1. The van der Waals surface area contributed by atoms with E-state index >= 15 is 0 Å². The van der Waals surface area contributed by atoms with E-state index in [2.05, 4.69) is 32.6 Å². The molecule has 1 rings (SSSR count). The Hall–Kier alpha value is -1.11. The van der Waals surface area contributed by atoms with Gasteiger partial charge in [0.15, 0.2) is 0 Å². The van der Waals surface area contributed by atoms with Gasteiger partial charge in [-0.05, 0) is 41.6 Å². The number of halogens is 1. The molecule has 0 fully saturated rings. The van der Waals surface area contributed by atoms with Crippen molar-refractivity contribution in [3.63, 3.8) is 0 Å². The van der Waals surface area contributed by atoms with Crippen LogP contribution in [0.25, 0.3) is 0 Å². The molecule has 0 aliphatic rings. The highest BCUT2D eigenvalue weighted by molar-refractivity contribution is 14.1. The molecule has 1 amide bonds. The SMILES string of the molecule is COC(=O)CCNC(=O)c1cc(C)ccc1I. The van der Waals surface area contributed by atoms with E-state index in [1.54, 1.807) is 0 Å². The lowest BCUT2D eigenvalue weighted by Gasteiger charge is -2.07. The molecule has 0 bridgehead atoms. The highest BCUT2D eigenvalue weighted by atomic mass is 127. The van der Waals surface area contributed by atoms with Crippen LogP contribution in [-0.4, -0.2) is 25.5 Å². The number of aryl methyl sites for hydroxylation is 1.